The van der Waals surface area contributed by atoms with Crippen molar-refractivity contribution in [3.05, 3.63) is 0 Å². The summed E-state index contributed by atoms with van der Waals surface area (Å²) in [6.07, 6.45) is 5.60. The summed E-state index contributed by atoms with van der Waals surface area (Å²) >= 11 is 0. The zero-order valence-corrected chi connectivity index (χ0v) is 11.6. The molecule has 0 amide bonds. The number of rotatable bonds is 4. The maximum Gasteiger partial charge on any atom is 0.0235 e. The van der Waals surface area contributed by atoms with E-state index in [1.807, 2.05) is 0 Å². The minimum atomic E-state index is 0.343. The molecule has 1 unspecified atom stereocenters. The van der Waals surface area contributed by atoms with E-state index in [9.17, 15) is 0 Å². The lowest BCUT2D eigenvalue weighted by Gasteiger charge is -2.32. The lowest BCUT2D eigenvalue weighted by atomic mass is 10.1. The molecule has 2 aliphatic heterocycles. The predicted octanol–water partition coefficient (Wildman–Crippen LogP) is 1.53. The van der Waals surface area contributed by atoms with E-state index in [-0.39, 0.29) is 0 Å². The van der Waals surface area contributed by atoms with Crippen LogP contribution in [0.2, 0.25) is 0 Å². The van der Waals surface area contributed by atoms with Crippen LogP contribution in [0.25, 0.3) is 0 Å². The van der Waals surface area contributed by atoms with Gasteiger partial charge in [-0.05, 0) is 44.8 Å². The van der Waals surface area contributed by atoms with Gasteiger partial charge in [0.05, 0.1) is 0 Å². The maximum atomic E-state index is 6.16. The first-order valence-corrected chi connectivity index (χ1v) is 7.39. The second-order valence-electron chi connectivity index (χ2n) is 6.21. The Morgan fingerprint density at radius 1 is 1.12 bits per heavy atom. The highest BCUT2D eigenvalue weighted by Crippen LogP contribution is 2.20. The summed E-state index contributed by atoms with van der Waals surface area (Å²) in [5, 5.41) is 0. The van der Waals surface area contributed by atoms with Crippen molar-refractivity contribution in [2.75, 3.05) is 32.7 Å². The van der Waals surface area contributed by atoms with Gasteiger partial charge >= 0.3 is 0 Å². The minimum absolute atomic E-state index is 0.343. The predicted molar refractivity (Wildman–Crippen MR) is 73.1 cm³/mol. The summed E-state index contributed by atoms with van der Waals surface area (Å²) in [6, 6.07) is 1.16. The Kier molecular flexibility index (Phi) is 4.83. The van der Waals surface area contributed by atoms with Crippen molar-refractivity contribution in [2.24, 2.45) is 11.7 Å². The lowest BCUT2D eigenvalue weighted by Crippen LogP contribution is -2.43. The zero-order chi connectivity index (χ0) is 12.3. The Bertz CT molecular complexity index is 224. The molecule has 2 rings (SSSR count). The van der Waals surface area contributed by atoms with Gasteiger partial charge in [0.25, 0.3) is 0 Å². The van der Waals surface area contributed by atoms with Crippen LogP contribution >= 0.6 is 0 Å². The molecule has 0 radical (unpaired) electrons. The number of likely N-dealkylation sites (tertiary alicyclic amines) is 2. The fraction of sp³-hybridized carbons (Fsp3) is 1.00. The van der Waals surface area contributed by atoms with E-state index < -0.39 is 0 Å². The van der Waals surface area contributed by atoms with Crippen molar-refractivity contribution in [3.8, 4) is 0 Å². The molecule has 0 aliphatic carbocycles. The van der Waals surface area contributed by atoms with Crippen molar-refractivity contribution in [3.63, 3.8) is 0 Å². The van der Waals surface area contributed by atoms with Gasteiger partial charge < -0.3 is 10.6 Å². The molecule has 0 spiro atoms. The molecule has 0 bridgehead atoms. The van der Waals surface area contributed by atoms with Crippen molar-refractivity contribution in [2.45, 2.75) is 51.6 Å². The van der Waals surface area contributed by atoms with Crippen LogP contribution in [0.5, 0.6) is 0 Å². The molecule has 0 saturated carbocycles. The van der Waals surface area contributed by atoms with Gasteiger partial charge in [-0.25, -0.2) is 0 Å². The molecule has 0 aromatic rings. The van der Waals surface area contributed by atoms with Crippen LogP contribution in [0, 0.1) is 5.92 Å². The van der Waals surface area contributed by atoms with Gasteiger partial charge in [0, 0.05) is 25.2 Å². The first-order valence-electron chi connectivity index (χ1n) is 7.39. The fourth-order valence-corrected chi connectivity index (χ4v) is 3.07. The third-order valence-corrected chi connectivity index (χ3v) is 4.48. The molecule has 17 heavy (non-hydrogen) atoms. The summed E-state index contributed by atoms with van der Waals surface area (Å²) < 4.78 is 0. The highest BCUT2D eigenvalue weighted by Gasteiger charge is 2.29. The Morgan fingerprint density at radius 3 is 2.47 bits per heavy atom. The van der Waals surface area contributed by atoms with Crippen molar-refractivity contribution < 1.29 is 0 Å². The van der Waals surface area contributed by atoms with Gasteiger partial charge in [0.15, 0.2) is 0 Å². The summed E-state index contributed by atoms with van der Waals surface area (Å²) in [5.41, 5.74) is 6.16. The average Bonchev–Trinajstić information content (AvgIpc) is 2.78. The van der Waals surface area contributed by atoms with Gasteiger partial charge in [-0.1, -0.05) is 20.3 Å². The summed E-state index contributed by atoms with van der Waals surface area (Å²) in [7, 11) is 0. The third-order valence-electron chi connectivity index (χ3n) is 4.48. The topological polar surface area (TPSA) is 32.5 Å². The second-order valence-corrected chi connectivity index (χ2v) is 6.21. The maximum absolute atomic E-state index is 6.16. The molecule has 2 aliphatic rings. The second kappa shape index (κ2) is 6.17. The standard InChI is InChI=1S/C14H29N3/c1-12(2)14(15)11-16-9-6-13(10-16)17-7-4-3-5-8-17/h12-14H,3-11,15H2,1-2H3/t13?,14-/m0/s1. The molecule has 2 saturated heterocycles. The number of nitrogens with zero attached hydrogens (tertiary/aromatic N) is 2. The SMILES string of the molecule is CC(C)[C@@H](N)CN1CCC(N2CCCCC2)C1. The Labute approximate surface area is 106 Å². The van der Waals surface area contributed by atoms with Gasteiger partial charge in [-0.2, -0.15) is 0 Å². The van der Waals surface area contributed by atoms with Gasteiger partial charge in [-0.3, -0.25) is 4.90 Å². The van der Waals surface area contributed by atoms with E-state index in [1.165, 1.54) is 51.9 Å². The molecule has 2 fully saturated rings. The Hall–Kier alpha value is -0.120. The Balaban J connectivity index is 1.74. The molecule has 3 heteroatoms. The lowest BCUT2D eigenvalue weighted by molar-refractivity contribution is 0.159. The zero-order valence-electron chi connectivity index (χ0n) is 11.6. The minimum Gasteiger partial charge on any atom is -0.326 e. The number of piperidine rings is 1. The summed E-state index contributed by atoms with van der Waals surface area (Å²) in [5.74, 6) is 0.601. The largest absolute Gasteiger partial charge is 0.326 e. The molecular formula is C14H29N3. The Morgan fingerprint density at radius 2 is 1.82 bits per heavy atom. The van der Waals surface area contributed by atoms with Crippen molar-refractivity contribution >= 4 is 0 Å². The van der Waals surface area contributed by atoms with Crippen LogP contribution in [-0.4, -0.2) is 54.6 Å². The molecule has 2 N–H and O–H groups in total. The molecular weight excluding hydrogens is 210 g/mol. The van der Waals surface area contributed by atoms with E-state index in [4.69, 9.17) is 5.73 Å². The monoisotopic (exact) mass is 239 g/mol. The number of hydrogen-bond acceptors (Lipinski definition) is 3. The van der Waals surface area contributed by atoms with E-state index in [1.54, 1.807) is 0 Å². The van der Waals surface area contributed by atoms with E-state index in [2.05, 4.69) is 23.6 Å². The summed E-state index contributed by atoms with van der Waals surface area (Å²) in [6.45, 7) is 10.7. The van der Waals surface area contributed by atoms with Crippen molar-refractivity contribution in [1.29, 1.82) is 0 Å². The van der Waals surface area contributed by atoms with E-state index >= 15 is 0 Å². The average molecular weight is 239 g/mol. The first-order chi connectivity index (χ1) is 8.16. The first kappa shape index (κ1) is 13.3. The molecule has 3 nitrogen and oxygen atoms in total. The number of nitrogens with two attached hydrogens (primary N) is 1. The van der Waals surface area contributed by atoms with Crippen LogP contribution in [0.4, 0.5) is 0 Å². The normalized spacial score (nSPS) is 30.0. The number of hydrogen-bond donors (Lipinski definition) is 1. The molecule has 2 atom stereocenters. The van der Waals surface area contributed by atoms with Crippen LogP contribution in [0.1, 0.15) is 39.5 Å². The van der Waals surface area contributed by atoms with Crippen LogP contribution in [0.3, 0.4) is 0 Å². The molecule has 0 aromatic carbocycles. The quantitative estimate of drug-likeness (QED) is 0.807. The summed E-state index contributed by atoms with van der Waals surface area (Å²) in [4.78, 5) is 5.29. The molecule has 0 aromatic heterocycles. The van der Waals surface area contributed by atoms with Gasteiger partial charge in [0.1, 0.15) is 0 Å². The fourth-order valence-electron chi connectivity index (χ4n) is 3.07. The van der Waals surface area contributed by atoms with Crippen LogP contribution < -0.4 is 5.73 Å². The molecule has 2 heterocycles. The van der Waals surface area contributed by atoms with Crippen LogP contribution in [0.15, 0.2) is 0 Å². The third kappa shape index (κ3) is 3.67. The van der Waals surface area contributed by atoms with E-state index in [0.29, 0.717) is 12.0 Å². The van der Waals surface area contributed by atoms with Gasteiger partial charge in [0.2, 0.25) is 0 Å². The van der Waals surface area contributed by atoms with Crippen LogP contribution in [-0.2, 0) is 0 Å². The molecule has 100 valence electrons. The smallest absolute Gasteiger partial charge is 0.0235 e. The van der Waals surface area contributed by atoms with Gasteiger partial charge in [-0.15, -0.1) is 0 Å². The highest BCUT2D eigenvalue weighted by atomic mass is 15.3. The van der Waals surface area contributed by atoms with Crippen molar-refractivity contribution in [1.82, 2.24) is 9.80 Å². The van der Waals surface area contributed by atoms with E-state index in [0.717, 1.165) is 12.6 Å². The highest BCUT2D eigenvalue weighted by molar-refractivity contribution is 4.86.